The molecule has 1 saturated heterocycles. The summed E-state index contributed by atoms with van der Waals surface area (Å²) in [6, 6.07) is -20.7. The van der Waals surface area contributed by atoms with E-state index >= 15 is 0 Å². The fourth-order valence-electron chi connectivity index (χ4n) is 10.1. The number of carbonyl (C=O) groups is 17. The lowest BCUT2D eigenvalue weighted by molar-refractivity contribution is -0.149. The molecule has 17 atom stereocenters. The number of nitrogens with two attached hydrogens (primary N) is 1. The molecule has 3 rings (SSSR count). The standard InChI is InChI=1S/C61H95N19O23S/c1-10-26(4)45(57(98)74-38(22-104)54(95)79-48(31(9)83)59(100)71-35(14-32-18-63-23-67-32)53(94)73-37(15-33-19-64-24-68-33)60(101)80-13-11-12-39(80)61(102)103)77-49(90)27(5)69-52(93)36(17-43(88)89)72-56(97)44(25(2)3)75-40(84)21-66-55(96)46(29(7)81)78-50(91)28(6)70-58(99)47(30(8)82)76-41(85)20-65-51(92)34(62)16-42(86)87/h18-19,23-31,34-39,44-48,81-83,104H,10-17,20-22,62H2,1-9H3,(H,63,67)(H,64,68)(H,65,92)(H,66,96)(H,69,93)(H,70,99)(H,71,100)(H,72,97)(H,73,94)(H,74,98)(H,75,84)(H,76,85)(H,77,90)(H,78,91)(H,79,95)(H,86,87)(H,88,89)(H,102,103)/t26-,27-,28-,29+,30+,31+,34-,35-,36-,37-,38-,39-,44-,45-,46-,47-,48-/m0/s1. The highest BCUT2D eigenvalue weighted by Crippen LogP contribution is 2.20. The Bertz CT molecular complexity index is 3360. The van der Waals surface area contributed by atoms with Crippen LogP contribution in [0.2, 0.25) is 0 Å². The van der Waals surface area contributed by atoms with E-state index in [2.05, 4.69) is 102 Å². The molecule has 104 heavy (non-hydrogen) atoms. The number of aromatic amines is 2. The summed E-state index contributed by atoms with van der Waals surface area (Å²) in [6.45, 7) is 10.0. The van der Waals surface area contributed by atoms with Crippen molar-refractivity contribution in [1.82, 2.24) is 94.0 Å². The number of carboxylic acids is 3. The summed E-state index contributed by atoms with van der Waals surface area (Å²) in [5.41, 5.74) is 6.16. The van der Waals surface area contributed by atoms with Crippen LogP contribution in [0.1, 0.15) is 106 Å². The third-order valence-corrected chi connectivity index (χ3v) is 16.6. The number of nitrogens with zero attached hydrogens (tertiary/aromatic N) is 3. The number of aliphatic hydroxyl groups is 3. The molecule has 0 aliphatic carbocycles. The van der Waals surface area contributed by atoms with Crippen molar-refractivity contribution in [1.29, 1.82) is 0 Å². The molecule has 0 spiro atoms. The van der Waals surface area contributed by atoms with Crippen molar-refractivity contribution in [3.05, 3.63) is 36.4 Å². The van der Waals surface area contributed by atoms with Crippen LogP contribution in [0, 0.1) is 11.8 Å². The van der Waals surface area contributed by atoms with E-state index in [0.29, 0.717) is 17.8 Å². The number of carbonyl (C=O) groups excluding carboxylic acids is 14. The maximum atomic E-state index is 14.2. The molecule has 1 aliphatic rings. The highest BCUT2D eigenvalue weighted by atomic mass is 32.1. The average molecular weight is 1490 g/mol. The Morgan fingerprint density at radius 3 is 1.38 bits per heavy atom. The van der Waals surface area contributed by atoms with Crippen LogP contribution in [-0.2, 0) is 94.3 Å². The summed E-state index contributed by atoms with van der Waals surface area (Å²) >= 11 is 4.21. The number of H-pyrrole nitrogens is 2. The highest BCUT2D eigenvalue weighted by Gasteiger charge is 2.41. The van der Waals surface area contributed by atoms with Gasteiger partial charge in [0, 0.05) is 48.9 Å². The molecule has 0 saturated carbocycles. The lowest BCUT2D eigenvalue weighted by Crippen LogP contribution is -2.63. The minimum Gasteiger partial charge on any atom is -0.481 e. The Hall–Kier alpha value is -10.4. The lowest BCUT2D eigenvalue weighted by Gasteiger charge is -2.30. The summed E-state index contributed by atoms with van der Waals surface area (Å²) in [5, 5.41) is 89.9. The first-order valence-electron chi connectivity index (χ1n) is 32.9. The number of rotatable bonds is 43. The Balaban J connectivity index is 1.67. The van der Waals surface area contributed by atoms with Crippen LogP contribution in [0.5, 0.6) is 0 Å². The summed E-state index contributed by atoms with van der Waals surface area (Å²) in [4.78, 5) is 238. The molecule has 0 aromatic carbocycles. The van der Waals surface area contributed by atoms with E-state index in [1.807, 2.05) is 0 Å². The Morgan fingerprint density at radius 1 is 0.500 bits per heavy atom. The smallest absolute Gasteiger partial charge is 0.326 e. The molecule has 578 valence electrons. The largest absolute Gasteiger partial charge is 0.481 e. The van der Waals surface area contributed by atoms with Crippen molar-refractivity contribution in [2.45, 2.75) is 204 Å². The number of nitrogens with one attached hydrogen (secondary N) is 15. The van der Waals surface area contributed by atoms with Crippen LogP contribution in [0.25, 0.3) is 0 Å². The Morgan fingerprint density at radius 2 is 0.904 bits per heavy atom. The molecule has 0 bridgehead atoms. The Labute approximate surface area is 600 Å². The predicted octanol–water partition coefficient (Wildman–Crippen LogP) is -9.35. The topological polar surface area (TPSA) is 655 Å². The second kappa shape index (κ2) is 42.3. The fraction of sp³-hybridized carbons (Fsp3) is 0.623. The van der Waals surface area contributed by atoms with Crippen molar-refractivity contribution < 1.29 is 112 Å². The van der Waals surface area contributed by atoms with E-state index in [1.54, 1.807) is 13.8 Å². The van der Waals surface area contributed by atoms with E-state index in [1.165, 1.54) is 38.9 Å². The van der Waals surface area contributed by atoms with Gasteiger partial charge in [0.1, 0.15) is 72.5 Å². The van der Waals surface area contributed by atoms with E-state index in [4.69, 9.17) is 10.8 Å². The number of amides is 14. The van der Waals surface area contributed by atoms with Crippen LogP contribution in [0.15, 0.2) is 25.0 Å². The number of aliphatic hydroxyl groups excluding tert-OH is 3. The number of aromatic nitrogens is 4. The molecule has 43 heteroatoms. The summed E-state index contributed by atoms with van der Waals surface area (Å²) < 4.78 is 0. The molecular weight excluding hydrogens is 1400 g/mol. The van der Waals surface area contributed by atoms with E-state index in [9.17, 15) is 107 Å². The van der Waals surface area contributed by atoms with Gasteiger partial charge in [-0.2, -0.15) is 12.6 Å². The quantitative estimate of drug-likeness (QED) is 0.0274. The van der Waals surface area contributed by atoms with Gasteiger partial charge in [0.15, 0.2) is 0 Å². The molecule has 3 heterocycles. The van der Waals surface area contributed by atoms with Gasteiger partial charge < -0.3 is 120 Å². The zero-order valence-electron chi connectivity index (χ0n) is 58.5. The van der Waals surface area contributed by atoms with Crippen molar-refractivity contribution in [3.63, 3.8) is 0 Å². The molecule has 1 aliphatic heterocycles. The van der Waals surface area contributed by atoms with Crippen molar-refractivity contribution >= 4 is 113 Å². The van der Waals surface area contributed by atoms with Gasteiger partial charge in [0.25, 0.3) is 0 Å². The van der Waals surface area contributed by atoms with Crippen LogP contribution in [-0.4, -0.2) is 278 Å². The second-order valence-corrected chi connectivity index (χ2v) is 25.5. The number of imidazole rings is 2. The van der Waals surface area contributed by atoms with Gasteiger partial charge >= 0.3 is 17.9 Å². The normalized spacial score (nSPS) is 17.3. The molecule has 2 aromatic rings. The van der Waals surface area contributed by atoms with E-state index < -0.39 is 241 Å². The van der Waals surface area contributed by atoms with Crippen LogP contribution >= 0.6 is 12.6 Å². The van der Waals surface area contributed by atoms with Crippen molar-refractivity contribution in [3.8, 4) is 0 Å². The summed E-state index contributed by atoms with van der Waals surface area (Å²) in [6.07, 6.45) is -1.12. The van der Waals surface area contributed by atoms with Gasteiger partial charge in [0.2, 0.25) is 82.7 Å². The third-order valence-electron chi connectivity index (χ3n) is 16.2. The first kappa shape index (κ1) is 87.8. The van der Waals surface area contributed by atoms with E-state index in [-0.39, 0.29) is 32.2 Å². The van der Waals surface area contributed by atoms with Crippen LogP contribution in [0.3, 0.4) is 0 Å². The molecule has 0 radical (unpaired) electrons. The van der Waals surface area contributed by atoms with Crippen molar-refractivity contribution in [2.75, 3.05) is 25.4 Å². The number of thiol groups is 1. The lowest BCUT2D eigenvalue weighted by atomic mass is 9.97. The Kier molecular flexibility index (Phi) is 35.7. The van der Waals surface area contributed by atoms with Gasteiger partial charge in [0.05, 0.1) is 62.9 Å². The number of hydrogen-bond acceptors (Lipinski definition) is 24. The third kappa shape index (κ3) is 28.1. The number of aliphatic carboxylic acids is 3. The molecular formula is C61H95N19O23S. The van der Waals surface area contributed by atoms with Crippen LogP contribution in [0.4, 0.5) is 0 Å². The van der Waals surface area contributed by atoms with E-state index in [0.717, 1.165) is 39.5 Å². The van der Waals surface area contributed by atoms with Gasteiger partial charge in [-0.15, -0.1) is 0 Å². The zero-order chi connectivity index (χ0) is 78.6. The first-order valence-corrected chi connectivity index (χ1v) is 33.5. The summed E-state index contributed by atoms with van der Waals surface area (Å²) in [5.74, 6) is -21.0. The minimum atomic E-state index is -1.93. The maximum Gasteiger partial charge on any atom is 0.326 e. The fourth-order valence-corrected chi connectivity index (χ4v) is 10.3. The number of likely N-dealkylation sites (tertiary alicyclic amines) is 1. The number of carboxylic acid groups (broad SMARTS) is 3. The van der Waals surface area contributed by atoms with Gasteiger partial charge in [-0.3, -0.25) is 76.7 Å². The molecule has 2 aromatic heterocycles. The SMILES string of the molecule is CC[C@H](C)[C@H](NC(=O)[C@H](C)NC(=O)[C@H](CC(=O)O)NC(=O)[C@@H](NC(=O)CNC(=O)[C@@H](NC(=O)[C@H](C)NC(=O)[C@@H](NC(=O)CNC(=O)[C@@H](N)CC(=O)O)[C@@H](C)O)[C@@H](C)O)C(C)C)C(=O)N[C@@H](CS)C(=O)N[C@H](C(=O)N[C@@H](Cc1cnc[nH]1)C(=O)N[C@@H](Cc1cnc[nH]1)C(=O)N1CCC[C@H]1C(=O)O)[C@@H](C)O. The van der Waals surface area contributed by atoms with Gasteiger partial charge in [-0.25, -0.2) is 14.8 Å². The average Bonchev–Trinajstić information content (AvgIpc) is 1.62. The maximum absolute atomic E-state index is 14.2. The predicted molar refractivity (Wildman–Crippen MR) is 361 cm³/mol. The van der Waals surface area contributed by atoms with Crippen LogP contribution < -0.4 is 74.9 Å². The second-order valence-electron chi connectivity index (χ2n) is 25.1. The summed E-state index contributed by atoms with van der Waals surface area (Å²) in [7, 11) is 0. The first-order chi connectivity index (χ1) is 48.7. The zero-order valence-corrected chi connectivity index (χ0v) is 59.4. The van der Waals surface area contributed by atoms with Crippen molar-refractivity contribution in [2.24, 2.45) is 17.6 Å². The molecule has 42 nitrogen and oxygen atoms in total. The molecule has 1 fully saturated rings. The molecule has 23 N–H and O–H groups in total. The number of hydrogen-bond donors (Lipinski definition) is 23. The monoisotopic (exact) mass is 1490 g/mol. The highest BCUT2D eigenvalue weighted by molar-refractivity contribution is 7.80. The van der Waals surface area contributed by atoms with Gasteiger partial charge in [-0.05, 0) is 59.3 Å². The molecule has 0 unspecified atom stereocenters. The minimum absolute atomic E-state index is 0.0855. The molecule has 14 amide bonds. The van der Waals surface area contributed by atoms with Gasteiger partial charge in [-0.1, -0.05) is 34.1 Å².